The predicted octanol–water partition coefficient (Wildman–Crippen LogP) is 1.39. The Kier molecular flexibility index (Phi) is 4.09. The van der Waals surface area contributed by atoms with E-state index in [1.54, 1.807) is 6.92 Å². The maximum absolute atomic E-state index is 13.5. The average Bonchev–Trinajstić information content (AvgIpc) is 3.20. The van der Waals surface area contributed by atoms with Gasteiger partial charge in [0.25, 0.3) is 5.91 Å². The Morgan fingerprint density at radius 3 is 2.84 bits per heavy atom. The molecule has 1 heterocycles. The highest BCUT2D eigenvalue weighted by Gasteiger charge is 2.35. The monoisotopic (exact) mass is 266 g/mol. The van der Waals surface area contributed by atoms with E-state index in [1.165, 1.54) is 23.2 Å². The van der Waals surface area contributed by atoms with Crippen molar-refractivity contribution in [2.24, 2.45) is 0 Å². The first-order valence-electron chi connectivity index (χ1n) is 6.20. The molecule has 1 saturated carbocycles. The third-order valence-corrected chi connectivity index (χ3v) is 2.84. The average molecular weight is 266 g/mol. The summed E-state index contributed by atoms with van der Waals surface area (Å²) in [6.45, 7) is 1.81. The molecular weight excluding hydrogens is 251 g/mol. The van der Waals surface area contributed by atoms with E-state index in [2.05, 4.69) is 4.98 Å². The smallest absolute Gasteiger partial charge is 0.325 e. The Bertz CT molecular complexity index is 489. The topological polar surface area (TPSA) is 59.5 Å². The van der Waals surface area contributed by atoms with E-state index in [1.807, 2.05) is 0 Å². The van der Waals surface area contributed by atoms with Crippen molar-refractivity contribution in [3.05, 3.63) is 29.8 Å². The normalized spacial score (nSPS) is 14.0. The van der Waals surface area contributed by atoms with Crippen molar-refractivity contribution in [3.8, 4) is 0 Å². The van der Waals surface area contributed by atoms with E-state index in [4.69, 9.17) is 4.74 Å². The molecule has 1 aromatic rings. The first-order chi connectivity index (χ1) is 9.13. The molecule has 0 spiro atoms. The van der Waals surface area contributed by atoms with Gasteiger partial charge in [0.15, 0.2) is 0 Å². The van der Waals surface area contributed by atoms with Crippen LogP contribution in [-0.4, -0.2) is 41.0 Å². The molecule has 0 N–H and O–H groups in total. The summed E-state index contributed by atoms with van der Waals surface area (Å²) >= 11 is 0. The highest BCUT2D eigenvalue weighted by molar-refractivity contribution is 5.96. The standard InChI is InChI=1S/C13H15FN2O3/c1-2-19-11(17)8-16(9-5-6-9)13(18)10-4-3-7-15-12(10)14/h3-4,7,9H,2,5-6,8H2,1H3. The molecule has 1 aliphatic carbocycles. The number of ether oxygens (including phenoxy) is 1. The van der Waals surface area contributed by atoms with Gasteiger partial charge in [-0.1, -0.05) is 0 Å². The SMILES string of the molecule is CCOC(=O)CN(C(=O)c1cccnc1F)C1CC1. The molecule has 1 aliphatic rings. The number of amides is 1. The minimum Gasteiger partial charge on any atom is -0.465 e. The Morgan fingerprint density at radius 1 is 1.53 bits per heavy atom. The lowest BCUT2D eigenvalue weighted by Gasteiger charge is -2.21. The van der Waals surface area contributed by atoms with Crippen molar-refractivity contribution in [1.82, 2.24) is 9.88 Å². The molecule has 0 radical (unpaired) electrons. The molecule has 0 aliphatic heterocycles. The predicted molar refractivity (Wildman–Crippen MR) is 64.9 cm³/mol. The maximum atomic E-state index is 13.5. The molecule has 0 unspecified atom stereocenters. The van der Waals surface area contributed by atoms with E-state index >= 15 is 0 Å². The molecule has 19 heavy (non-hydrogen) atoms. The van der Waals surface area contributed by atoms with Gasteiger partial charge >= 0.3 is 5.97 Å². The highest BCUT2D eigenvalue weighted by atomic mass is 19.1. The second-order valence-electron chi connectivity index (χ2n) is 4.31. The Morgan fingerprint density at radius 2 is 2.26 bits per heavy atom. The van der Waals surface area contributed by atoms with Crippen molar-refractivity contribution in [2.75, 3.05) is 13.2 Å². The van der Waals surface area contributed by atoms with Crippen LogP contribution in [0.2, 0.25) is 0 Å². The number of aromatic nitrogens is 1. The van der Waals surface area contributed by atoms with Crippen LogP contribution in [-0.2, 0) is 9.53 Å². The zero-order valence-electron chi connectivity index (χ0n) is 10.6. The molecule has 6 heteroatoms. The van der Waals surface area contributed by atoms with Gasteiger partial charge in [-0.15, -0.1) is 0 Å². The summed E-state index contributed by atoms with van der Waals surface area (Å²) < 4.78 is 18.3. The van der Waals surface area contributed by atoms with Gasteiger partial charge in [-0.25, -0.2) is 4.98 Å². The molecule has 0 saturated heterocycles. The first-order valence-corrected chi connectivity index (χ1v) is 6.20. The van der Waals surface area contributed by atoms with Crippen LogP contribution in [0.4, 0.5) is 4.39 Å². The van der Waals surface area contributed by atoms with Crippen LogP contribution in [0.1, 0.15) is 30.1 Å². The van der Waals surface area contributed by atoms with Crippen LogP contribution in [0.5, 0.6) is 0 Å². The number of rotatable bonds is 5. The third kappa shape index (κ3) is 3.27. The van der Waals surface area contributed by atoms with Crippen LogP contribution >= 0.6 is 0 Å². The minimum absolute atomic E-state index is 0.00323. The zero-order chi connectivity index (χ0) is 13.8. The quantitative estimate of drug-likeness (QED) is 0.597. The summed E-state index contributed by atoms with van der Waals surface area (Å²) in [5, 5.41) is 0. The number of halogens is 1. The number of hydrogen-bond donors (Lipinski definition) is 0. The van der Waals surface area contributed by atoms with Crippen LogP contribution in [0.3, 0.4) is 0 Å². The number of carbonyl (C=O) groups excluding carboxylic acids is 2. The van der Waals surface area contributed by atoms with Gasteiger partial charge in [0.05, 0.1) is 12.2 Å². The molecule has 2 rings (SSSR count). The van der Waals surface area contributed by atoms with Crippen molar-refractivity contribution < 1.29 is 18.7 Å². The highest BCUT2D eigenvalue weighted by Crippen LogP contribution is 2.28. The molecule has 102 valence electrons. The van der Waals surface area contributed by atoms with Gasteiger partial charge in [0, 0.05) is 12.2 Å². The van der Waals surface area contributed by atoms with Gasteiger partial charge in [-0.3, -0.25) is 9.59 Å². The fourth-order valence-electron chi connectivity index (χ4n) is 1.80. The lowest BCUT2D eigenvalue weighted by atomic mass is 10.2. The Balaban J connectivity index is 2.13. The lowest BCUT2D eigenvalue weighted by Crippen LogP contribution is -2.38. The van der Waals surface area contributed by atoms with E-state index in [-0.39, 0.29) is 24.8 Å². The fraction of sp³-hybridized carbons (Fsp3) is 0.462. The number of nitrogens with zero attached hydrogens (tertiary/aromatic N) is 2. The maximum Gasteiger partial charge on any atom is 0.325 e. The van der Waals surface area contributed by atoms with Crippen LogP contribution < -0.4 is 0 Å². The van der Waals surface area contributed by atoms with Gasteiger partial charge in [-0.2, -0.15) is 4.39 Å². The number of hydrogen-bond acceptors (Lipinski definition) is 4. The van der Waals surface area contributed by atoms with Crippen LogP contribution in [0.15, 0.2) is 18.3 Å². The zero-order valence-corrected chi connectivity index (χ0v) is 10.6. The molecule has 0 aromatic carbocycles. The molecule has 1 amide bonds. The lowest BCUT2D eigenvalue weighted by molar-refractivity contribution is -0.144. The summed E-state index contributed by atoms with van der Waals surface area (Å²) in [4.78, 5) is 28.5. The molecule has 1 aromatic heterocycles. The van der Waals surface area contributed by atoms with Crippen molar-refractivity contribution >= 4 is 11.9 Å². The molecule has 1 fully saturated rings. The van der Waals surface area contributed by atoms with Crippen LogP contribution in [0.25, 0.3) is 0 Å². The largest absolute Gasteiger partial charge is 0.465 e. The second-order valence-corrected chi connectivity index (χ2v) is 4.31. The third-order valence-electron chi connectivity index (χ3n) is 2.84. The van der Waals surface area contributed by atoms with Crippen molar-refractivity contribution in [3.63, 3.8) is 0 Å². The summed E-state index contributed by atoms with van der Waals surface area (Å²) in [6.07, 6.45) is 2.93. The first kappa shape index (κ1) is 13.5. The van der Waals surface area contributed by atoms with Crippen molar-refractivity contribution in [2.45, 2.75) is 25.8 Å². The Labute approximate surface area is 110 Å². The fourth-order valence-corrected chi connectivity index (χ4v) is 1.80. The van der Waals surface area contributed by atoms with E-state index < -0.39 is 17.8 Å². The summed E-state index contributed by atoms with van der Waals surface area (Å²) in [5.74, 6) is -1.81. The van der Waals surface area contributed by atoms with E-state index in [0.29, 0.717) is 0 Å². The van der Waals surface area contributed by atoms with E-state index in [9.17, 15) is 14.0 Å². The van der Waals surface area contributed by atoms with Gasteiger partial charge < -0.3 is 9.64 Å². The molecule has 0 atom stereocenters. The summed E-state index contributed by atoms with van der Waals surface area (Å²) in [5.41, 5.74) is -0.112. The summed E-state index contributed by atoms with van der Waals surface area (Å²) in [6, 6.07) is 2.85. The van der Waals surface area contributed by atoms with Crippen LogP contribution in [0, 0.1) is 5.95 Å². The molecular formula is C13H15FN2O3. The second kappa shape index (κ2) is 5.77. The van der Waals surface area contributed by atoms with Gasteiger partial charge in [0.1, 0.15) is 6.54 Å². The number of pyridine rings is 1. The van der Waals surface area contributed by atoms with Gasteiger partial charge in [0.2, 0.25) is 5.95 Å². The molecule has 5 nitrogen and oxygen atoms in total. The number of carbonyl (C=O) groups is 2. The van der Waals surface area contributed by atoms with Crippen molar-refractivity contribution in [1.29, 1.82) is 0 Å². The molecule has 0 bridgehead atoms. The minimum atomic E-state index is -0.818. The van der Waals surface area contributed by atoms with E-state index in [0.717, 1.165) is 12.8 Å². The number of esters is 1. The Hall–Kier alpha value is -1.98. The summed E-state index contributed by atoms with van der Waals surface area (Å²) in [7, 11) is 0. The van der Waals surface area contributed by atoms with Gasteiger partial charge in [-0.05, 0) is 31.9 Å².